The van der Waals surface area contributed by atoms with Gasteiger partial charge in [0.2, 0.25) is 0 Å². The molecular weight excluding hydrogens is 180 g/mol. The maximum absolute atomic E-state index is 10.3. The Labute approximate surface area is 85.4 Å². The van der Waals surface area contributed by atoms with E-state index in [4.69, 9.17) is 9.47 Å². The molecule has 1 saturated heterocycles. The lowest BCUT2D eigenvalue weighted by Gasteiger charge is -2.45. The van der Waals surface area contributed by atoms with E-state index in [1.54, 1.807) is 7.11 Å². The van der Waals surface area contributed by atoms with Crippen LogP contribution in [0.15, 0.2) is 0 Å². The number of rotatable bonds is 3. The molecule has 1 N–H and O–H groups in total. The summed E-state index contributed by atoms with van der Waals surface area (Å²) in [7, 11) is 1.72. The normalized spacial score (nSPS) is 29.6. The van der Waals surface area contributed by atoms with E-state index < -0.39 is 0 Å². The molecular formula is C11H20O3. The van der Waals surface area contributed by atoms with Gasteiger partial charge in [-0.1, -0.05) is 6.42 Å². The summed E-state index contributed by atoms with van der Waals surface area (Å²) in [6, 6.07) is 0. The van der Waals surface area contributed by atoms with Crippen LogP contribution in [-0.2, 0) is 9.47 Å². The fraction of sp³-hybridized carbons (Fsp3) is 1.00. The van der Waals surface area contributed by atoms with Gasteiger partial charge in [-0.15, -0.1) is 0 Å². The van der Waals surface area contributed by atoms with Gasteiger partial charge >= 0.3 is 0 Å². The average molecular weight is 200 g/mol. The van der Waals surface area contributed by atoms with Gasteiger partial charge in [0.1, 0.15) is 0 Å². The van der Waals surface area contributed by atoms with Crippen molar-refractivity contribution in [2.24, 2.45) is 5.92 Å². The van der Waals surface area contributed by atoms with Gasteiger partial charge in [0.05, 0.1) is 11.7 Å². The van der Waals surface area contributed by atoms with Crippen LogP contribution in [0.5, 0.6) is 0 Å². The van der Waals surface area contributed by atoms with Crippen molar-refractivity contribution in [1.82, 2.24) is 0 Å². The second-order valence-corrected chi connectivity index (χ2v) is 4.52. The van der Waals surface area contributed by atoms with Gasteiger partial charge in [-0.3, -0.25) is 0 Å². The Morgan fingerprint density at radius 1 is 1.36 bits per heavy atom. The topological polar surface area (TPSA) is 38.7 Å². The lowest BCUT2D eigenvalue weighted by atomic mass is 9.72. The molecule has 0 aromatic carbocycles. The van der Waals surface area contributed by atoms with Crippen LogP contribution in [0.3, 0.4) is 0 Å². The molecule has 2 aliphatic rings. The molecule has 1 unspecified atom stereocenters. The summed E-state index contributed by atoms with van der Waals surface area (Å²) in [5.41, 5.74) is -0.316. The van der Waals surface area contributed by atoms with E-state index in [2.05, 4.69) is 0 Å². The first-order valence-electron chi connectivity index (χ1n) is 5.59. The molecule has 1 atom stereocenters. The highest BCUT2D eigenvalue weighted by atomic mass is 16.5. The molecule has 2 rings (SSSR count). The molecule has 0 bridgehead atoms. The van der Waals surface area contributed by atoms with E-state index in [9.17, 15) is 5.11 Å². The summed E-state index contributed by atoms with van der Waals surface area (Å²) in [5, 5.41) is 10.3. The average Bonchev–Trinajstić information content (AvgIpc) is 2.16. The summed E-state index contributed by atoms with van der Waals surface area (Å²) in [4.78, 5) is 0. The molecule has 0 aromatic heterocycles. The molecule has 2 fully saturated rings. The number of ether oxygens (including phenoxy) is 2. The molecule has 3 heteroatoms. The standard InChI is InChI=1S/C11H20O3/c1-13-11(5-7-14-8-6-11)10(12)9-3-2-4-9/h9-10,12H,2-8H2,1H3. The highest BCUT2D eigenvalue weighted by molar-refractivity contribution is 4.95. The molecule has 1 saturated carbocycles. The first kappa shape index (κ1) is 10.4. The fourth-order valence-corrected chi connectivity index (χ4v) is 2.52. The molecule has 3 nitrogen and oxygen atoms in total. The zero-order valence-corrected chi connectivity index (χ0v) is 8.87. The van der Waals surface area contributed by atoms with Gasteiger partial charge in [-0.05, 0) is 18.8 Å². The number of aliphatic hydroxyl groups is 1. The Bertz CT molecular complexity index is 183. The van der Waals surface area contributed by atoms with Gasteiger partial charge in [-0.25, -0.2) is 0 Å². The number of hydrogen-bond acceptors (Lipinski definition) is 3. The lowest BCUT2D eigenvalue weighted by molar-refractivity contribution is -0.175. The van der Waals surface area contributed by atoms with Crippen molar-refractivity contribution in [1.29, 1.82) is 0 Å². The molecule has 1 aliphatic heterocycles. The summed E-state index contributed by atoms with van der Waals surface area (Å²) >= 11 is 0. The Kier molecular flexibility index (Phi) is 3.10. The van der Waals surface area contributed by atoms with Crippen molar-refractivity contribution in [2.45, 2.75) is 43.8 Å². The predicted octanol–water partition coefficient (Wildman–Crippen LogP) is 1.34. The van der Waals surface area contributed by atoms with Gasteiger partial charge in [-0.2, -0.15) is 0 Å². The number of aliphatic hydroxyl groups excluding tert-OH is 1. The van der Waals surface area contributed by atoms with Crippen molar-refractivity contribution in [3.63, 3.8) is 0 Å². The minimum absolute atomic E-state index is 0.287. The van der Waals surface area contributed by atoms with E-state index in [0.29, 0.717) is 5.92 Å². The molecule has 0 spiro atoms. The van der Waals surface area contributed by atoms with E-state index in [1.807, 2.05) is 0 Å². The third-order valence-electron chi connectivity index (χ3n) is 3.88. The van der Waals surface area contributed by atoms with Crippen molar-refractivity contribution in [3.8, 4) is 0 Å². The monoisotopic (exact) mass is 200 g/mol. The maximum Gasteiger partial charge on any atom is 0.0982 e. The first-order valence-corrected chi connectivity index (χ1v) is 5.59. The minimum Gasteiger partial charge on any atom is -0.390 e. The van der Waals surface area contributed by atoms with E-state index in [-0.39, 0.29) is 11.7 Å². The second-order valence-electron chi connectivity index (χ2n) is 4.52. The largest absolute Gasteiger partial charge is 0.390 e. The van der Waals surface area contributed by atoms with Crippen molar-refractivity contribution in [3.05, 3.63) is 0 Å². The molecule has 1 heterocycles. The molecule has 0 aromatic rings. The maximum atomic E-state index is 10.3. The molecule has 0 amide bonds. The highest BCUT2D eigenvalue weighted by Crippen LogP contribution is 2.39. The van der Waals surface area contributed by atoms with Gasteiger partial charge < -0.3 is 14.6 Å². The Morgan fingerprint density at radius 2 is 2.00 bits per heavy atom. The summed E-state index contributed by atoms with van der Waals surface area (Å²) in [6.45, 7) is 1.44. The third kappa shape index (κ3) is 1.69. The summed E-state index contributed by atoms with van der Waals surface area (Å²) in [6.07, 6.45) is 4.96. The van der Waals surface area contributed by atoms with Gasteiger partial charge in [0.25, 0.3) is 0 Å². The Hall–Kier alpha value is -0.120. The van der Waals surface area contributed by atoms with Gasteiger partial charge in [0, 0.05) is 33.2 Å². The first-order chi connectivity index (χ1) is 6.78. The van der Waals surface area contributed by atoms with Crippen LogP contribution >= 0.6 is 0 Å². The van der Waals surface area contributed by atoms with Gasteiger partial charge in [0.15, 0.2) is 0 Å². The zero-order valence-electron chi connectivity index (χ0n) is 8.87. The molecule has 0 radical (unpaired) electrons. The quantitative estimate of drug-likeness (QED) is 0.747. The highest BCUT2D eigenvalue weighted by Gasteiger charge is 2.44. The van der Waals surface area contributed by atoms with E-state index in [0.717, 1.165) is 38.9 Å². The van der Waals surface area contributed by atoms with Crippen LogP contribution in [0.25, 0.3) is 0 Å². The summed E-state index contributed by atoms with van der Waals surface area (Å²) < 4.78 is 10.9. The van der Waals surface area contributed by atoms with Crippen molar-refractivity contribution >= 4 is 0 Å². The zero-order chi connectivity index (χ0) is 10.0. The molecule has 82 valence electrons. The fourth-order valence-electron chi connectivity index (χ4n) is 2.52. The van der Waals surface area contributed by atoms with Crippen LogP contribution in [-0.4, -0.2) is 37.1 Å². The van der Waals surface area contributed by atoms with E-state index >= 15 is 0 Å². The Balaban J connectivity index is 2.01. The second kappa shape index (κ2) is 4.17. The Morgan fingerprint density at radius 3 is 2.43 bits per heavy atom. The third-order valence-corrected chi connectivity index (χ3v) is 3.88. The molecule has 1 aliphatic carbocycles. The predicted molar refractivity (Wildman–Crippen MR) is 53.1 cm³/mol. The number of hydrogen-bond donors (Lipinski definition) is 1. The van der Waals surface area contributed by atoms with Crippen LogP contribution in [0.2, 0.25) is 0 Å². The van der Waals surface area contributed by atoms with Crippen LogP contribution < -0.4 is 0 Å². The lowest BCUT2D eigenvalue weighted by Crippen LogP contribution is -2.53. The summed E-state index contributed by atoms with van der Waals surface area (Å²) in [5.74, 6) is 0.466. The van der Waals surface area contributed by atoms with Crippen molar-refractivity contribution < 1.29 is 14.6 Å². The minimum atomic E-state index is -0.316. The van der Waals surface area contributed by atoms with Crippen LogP contribution in [0.1, 0.15) is 32.1 Å². The SMILES string of the molecule is COC1(C(O)C2CCC2)CCOCC1. The van der Waals surface area contributed by atoms with Crippen molar-refractivity contribution in [2.75, 3.05) is 20.3 Å². The van der Waals surface area contributed by atoms with Crippen LogP contribution in [0, 0.1) is 5.92 Å². The molecule has 14 heavy (non-hydrogen) atoms. The van der Waals surface area contributed by atoms with Crippen LogP contribution in [0.4, 0.5) is 0 Å². The smallest absolute Gasteiger partial charge is 0.0982 e. The van der Waals surface area contributed by atoms with E-state index in [1.165, 1.54) is 6.42 Å². The number of methoxy groups -OCH3 is 1.